The highest BCUT2D eigenvalue weighted by Crippen LogP contribution is 2.19. The molecule has 2 aromatic rings. The molecule has 0 aliphatic carbocycles. The zero-order valence-corrected chi connectivity index (χ0v) is 11.0. The average Bonchev–Trinajstić information content (AvgIpc) is 2.90. The summed E-state index contributed by atoms with van der Waals surface area (Å²) >= 11 is 1.79. The maximum absolute atomic E-state index is 5.21. The molecule has 1 heterocycles. The van der Waals surface area contributed by atoms with Crippen LogP contribution in [0.25, 0.3) is 0 Å². The number of methoxy groups -OCH3 is 1. The normalized spacial score (nSPS) is 12.4. The van der Waals surface area contributed by atoms with Gasteiger partial charge in [-0.15, -0.1) is 11.3 Å². The van der Waals surface area contributed by atoms with Crippen molar-refractivity contribution in [3.05, 3.63) is 52.2 Å². The van der Waals surface area contributed by atoms with Gasteiger partial charge in [0.1, 0.15) is 5.75 Å². The van der Waals surface area contributed by atoms with E-state index in [1.807, 2.05) is 12.1 Å². The van der Waals surface area contributed by atoms with E-state index < -0.39 is 0 Å². The third-order valence-electron chi connectivity index (χ3n) is 2.72. The van der Waals surface area contributed by atoms with E-state index in [2.05, 4.69) is 41.9 Å². The van der Waals surface area contributed by atoms with Gasteiger partial charge in [-0.05, 0) is 36.1 Å². The van der Waals surface area contributed by atoms with Gasteiger partial charge in [0.05, 0.1) is 7.11 Å². The van der Waals surface area contributed by atoms with Crippen LogP contribution < -0.4 is 10.1 Å². The Morgan fingerprint density at radius 3 is 2.88 bits per heavy atom. The van der Waals surface area contributed by atoms with E-state index in [0.29, 0.717) is 6.04 Å². The molecule has 0 fully saturated rings. The molecule has 2 rings (SSSR count). The second-order valence-electron chi connectivity index (χ2n) is 3.97. The van der Waals surface area contributed by atoms with Gasteiger partial charge in [-0.2, -0.15) is 0 Å². The van der Waals surface area contributed by atoms with Gasteiger partial charge in [-0.3, -0.25) is 0 Å². The van der Waals surface area contributed by atoms with Gasteiger partial charge in [0.25, 0.3) is 0 Å². The Kier molecular flexibility index (Phi) is 4.18. The van der Waals surface area contributed by atoms with Crippen LogP contribution in [0.4, 0.5) is 0 Å². The summed E-state index contributed by atoms with van der Waals surface area (Å²) in [7, 11) is 1.70. The molecule has 0 aliphatic heterocycles. The number of rotatable bonds is 5. The van der Waals surface area contributed by atoms with Crippen molar-refractivity contribution in [2.45, 2.75) is 19.5 Å². The van der Waals surface area contributed by atoms with Crippen molar-refractivity contribution in [1.82, 2.24) is 5.32 Å². The van der Waals surface area contributed by atoms with Crippen LogP contribution >= 0.6 is 11.3 Å². The van der Waals surface area contributed by atoms with Crippen molar-refractivity contribution < 1.29 is 4.74 Å². The van der Waals surface area contributed by atoms with Crippen LogP contribution in [-0.2, 0) is 6.54 Å². The van der Waals surface area contributed by atoms with Crippen LogP contribution in [0.5, 0.6) is 5.75 Å². The summed E-state index contributed by atoms with van der Waals surface area (Å²) in [6.45, 7) is 3.04. The smallest absolute Gasteiger partial charge is 0.119 e. The monoisotopic (exact) mass is 247 g/mol. The summed E-state index contributed by atoms with van der Waals surface area (Å²) in [5.41, 5.74) is 1.24. The van der Waals surface area contributed by atoms with Gasteiger partial charge in [0.2, 0.25) is 0 Å². The van der Waals surface area contributed by atoms with E-state index in [1.54, 1.807) is 18.4 Å². The second-order valence-corrected chi connectivity index (χ2v) is 4.95. The molecule has 90 valence electrons. The highest BCUT2D eigenvalue weighted by Gasteiger charge is 2.05. The largest absolute Gasteiger partial charge is 0.497 e. The molecular weight excluding hydrogens is 230 g/mol. The summed E-state index contributed by atoms with van der Waals surface area (Å²) in [4.78, 5) is 1.37. The molecule has 0 spiro atoms. The summed E-state index contributed by atoms with van der Waals surface area (Å²) < 4.78 is 5.21. The van der Waals surface area contributed by atoms with E-state index in [0.717, 1.165) is 12.3 Å². The Morgan fingerprint density at radius 1 is 1.29 bits per heavy atom. The number of hydrogen-bond donors (Lipinski definition) is 1. The van der Waals surface area contributed by atoms with Gasteiger partial charge in [0.15, 0.2) is 0 Å². The third-order valence-corrected chi connectivity index (χ3v) is 3.77. The third kappa shape index (κ3) is 3.32. The minimum absolute atomic E-state index is 0.390. The summed E-state index contributed by atoms with van der Waals surface area (Å²) in [5.74, 6) is 0.910. The molecule has 0 aliphatic rings. The SMILES string of the molecule is COc1cccc(CN[C@@H](C)c2cccs2)c1. The van der Waals surface area contributed by atoms with Gasteiger partial charge < -0.3 is 10.1 Å². The lowest BCUT2D eigenvalue weighted by atomic mass is 10.2. The zero-order valence-electron chi connectivity index (χ0n) is 10.1. The Hall–Kier alpha value is -1.32. The molecule has 2 nitrogen and oxygen atoms in total. The van der Waals surface area contributed by atoms with Crippen molar-refractivity contribution in [3.63, 3.8) is 0 Å². The fourth-order valence-corrected chi connectivity index (χ4v) is 2.45. The van der Waals surface area contributed by atoms with Crippen LogP contribution in [0.1, 0.15) is 23.4 Å². The predicted molar refractivity (Wildman–Crippen MR) is 72.6 cm³/mol. The Balaban J connectivity index is 1.93. The number of ether oxygens (including phenoxy) is 1. The topological polar surface area (TPSA) is 21.3 Å². The van der Waals surface area contributed by atoms with E-state index in [9.17, 15) is 0 Å². The van der Waals surface area contributed by atoms with Gasteiger partial charge in [-0.1, -0.05) is 18.2 Å². The van der Waals surface area contributed by atoms with Crippen molar-refractivity contribution in [3.8, 4) is 5.75 Å². The number of nitrogens with one attached hydrogen (secondary N) is 1. The van der Waals surface area contributed by atoms with Crippen LogP contribution in [0.15, 0.2) is 41.8 Å². The maximum Gasteiger partial charge on any atom is 0.119 e. The summed E-state index contributed by atoms with van der Waals surface area (Å²) in [5, 5.41) is 5.62. The van der Waals surface area contributed by atoms with E-state index >= 15 is 0 Å². The predicted octanol–water partition coefficient (Wildman–Crippen LogP) is 3.61. The van der Waals surface area contributed by atoms with E-state index in [-0.39, 0.29) is 0 Å². The number of thiophene rings is 1. The Labute approximate surface area is 106 Å². The molecule has 0 amide bonds. The van der Waals surface area contributed by atoms with Crippen LogP contribution in [0, 0.1) is 0 Å². The lowest BCUT2D eigenvalue weighted by Crippen LogP contribution is -2.17. The Morgan fingerprint density at radius 2 is 2.18 bits per heavy atom. The molecule has 0 bridgehead atoms. The fourth-order valence-electron chi connectivity index (χ4n) is 1.69. The number of hydrogen-bond acceptors (Lipinski definition) is 3. The van der Waals surface area contributed by atoms with Gasteiger partial charge in [-0.25, -0.2) is 0 Å². The highest BCUT2D eigenvalue weighted by atomic mass is 32.1. The first kappa shape index (κ1) is 12.1. The van der Waals surface area contributed by atoms with Crippen LogP contribution in [0.2, 0.25) is 0 Å². The molecular formula is C14H17NOS. The van der Waals surface area contributed by atoms with Crippen molar-refractivity contribution in [1.29, 1.82) is 0 Å². The molecule has 17 heavy (non-hydrogen) atoms. The van der Waals surface area contributed by atoms with Crippen molar-refractivity contribution in [2.75, 3.05) is 7.11 Å². The van der Waals surface area contributed by atoms with Crippen molar-refractivity contribution >= 4 is 11.3 Å². The molecule has 0 radical (unpaired) electrons. The van der Waals surface area contributed by atoms with E-state index in [1.165, 1.54) is 10.4 Å². The molecule has 1 aromatic heterocycles. The minimum Gasteiger partial charge on any atom is -0.497 e. The maximum atomic E-state index is 5.21. The molecule has 1 N–H and O–H groups in total. The van der Waals surface area contributed by atoms with E-state index in [4.69, 9.17) is 4.74 Å². The summed E-state index contributed by atoms with van der Waals surface area (Å²) in [6, 6.07) is 12.8. The number of benzene rings is 1. The second kappa shape index (κ2) is 5.84. The molecule has 0 saturated heterocycles. The minimum atomic E-state index is 0.390. The molecule has 0 unspecified atom stereocenters. The average molecular weight is 247 g/mol. The summed E-state index contributed by atoms with van der Waals surface area (Å²) in [6.07, 6.45) is 0. The standard InChI is InChI=1S/C14H17NOS/c1-11(14-7-4-8-17-14)15-10-12-5-3-6-13(9-12)16-2/h3-9,11,15H,10H2,1-2H3/t11-/m0/s1. The fraction of sp³-hybridized carbons (Fsp3) is 0.286. The van der Waals surface area contributed by atoms with Crippen LogP contribution in [-0.4, -0.2) is 7.11 Å². The lowest BCUT2D eigenvalue weighted by Gasteiger charge is -2.12. The van der Waals surface area contributed by atoms with Crippen molar-refractivity contribution in [2.24, 2.45) is 0 Å². The van der Waals surface area contributed by atoms with Gasteiger partial charge in [0, 0.05) is 17.5 Å². The van der Waals surface area contributed by atoms with Gasteiger partial charge >= 0.3 is 0 Å². The first-order valence-electron chi connectivity index (χ1n) is 5.69. The lowest BCUT2D eigenvalue weighted by molar-refractivity contribution is 0.414. The quantitative estimate of drug-likeness (QED) is 0.871. The Bertz CT molecular complexity index is 453. The molecule has 0 saturated carbocycles. The first-order valence-corrected chi connectivity index (χ1v) is 6.57. The highest BCUT2D eigenvalue weighted by molar-refractivity contribution is 7.10. The zero-order chi connectivity index (χ0) is 12.1. The molecule has 1 atom stereocenters. The molecule has 1 aromatic carbocycles. The molecule has 3 heteroatoms. The van der Waals surface area contributed by atoms with Crippen LogP contribution in [0.3, 0.4) is 0 Å². The first-order chi connectivity index (χ1) is 8.29.